The number of para-hydroxylation sites is 1. The van der Waals surface area contributed by atoms with Crippen molar-refractivity contribution < 1.29 is 4.79 Å². The van der Waals surface area contributed by atoms with Gasteiger partial charge in [-0.2, -0.15) is 0 Å². The Morgan fingerprint density at radius 2 is 2.04 bits per heavy atom. The molecule has 1 N–H and O–H groups in total. The van der Waals surface area contributed by atoms with Crippen molar-refractivity contribution in [3.8, 4) is 0 Å². The van der Waals surface area contributed by atoms with Crippen LogP contribution in [0.3, 0.4) is 0 Å². The van der Waals surface area contributed by atoms with Gasteiger partial charge in [-0.15, -0.1) is 10.2 Å². The zero-order chi connectivity index (χ0) is 17.9. The molecule has 0 saturated heterocycles. The van der Waals surface area contributed by atoms with Crippen molar-refractivity contribution in [3.63, 3.8) is 0 Å². The highest BCUT2D eigenvalue weighted by molar-refractivity contribution is 7.13. The molecule has 1 aromatic heterocycles. The Hall–Kier alpha value is -2.73. The van der Waals surface area contributed by atoms with Gasteiger partial charge in [-0.25, -0.2) is 0 Å². The summed E-state index contributed by atoms with van der Waals surface area (Å²) in [4.78, 5) is 14.7. The summed E-state index contributed by atoms with van der Waals surface area (Å²) in [6.07, 6.45) is 2.25. The third-order valence-corrected chi connectivity index (χ3v) is 5.38. The molecule has 0 fully saturated rings. The van der Waals surface area contributed by atoms with Gasteiger partial charge in [-0.1, -0.05) is 47.2 Å². The van der Waals surface area contributed by atoms with Crippen LogP contribution in [0.4, 0.5) is 11.4 Å². The predicted molar refractivity (Wildman–Crippen MR) is 105 cm³/mol. The molecule has 0 unspecified atom stereocenters. The second-order valence-electron chi connectivity index (χ2n) is 6.48. The Morgan fingerprint density at radius 3 is 2.88 bits per heavy atom. The third kappa shape index (κ3) is 3.60. The number of rotatable bonds is 4. The molecular formula is C20H20N4OS. The fourth-order valence-electron chi connectivity index (χ4n) is 3.25. The molecule has 0 radical (unpaired) electrons. The molecule has 1 amide bonds. The lowest BCUT2D eigenvalue weighted by Crippen LogP contribution is -2.28. The first-order chi connectivity index (χ1) is 12.7. The summed E-state index contributed by atoms with van der Waals surface area (Å²) in [6.45, 7) is 3.81. The van der Waals surface area contributed by atoms with E-state index in [9.17, 15) is 4.79 Å². The van der Waals surface area contributed by atoms with Gasteiger partial charge in [0.15, 0.2) is 0 Å². The van der Waals surface area contributed by atoms with Crippen molar-refractivity contribution in [2.45, 2.75) is 26.3 Å². The molecule has 3 aromatic rings. The molecule has 2 heterocycles. The van der Waals surface area contributed by atoms with Crippen molar-refractivity contribution in [1.82, 2.24) is 10.2 Å². The van der Waals surface area contributed by atoms with E-state index >= 15 is 0 Å². The molecule has 6 heteroatoms. The lowest BCUT2D eigenvalue weighted by Gasteiger charge is -2.30. The van der Waals surface area contributed by atoms with Crippen LogP contribution < -0.4 is 10.2 Å². The predicted octanol–water partition coefficient (Wildman–Crippen LogP) is 4.05. The summed E-state index contributed by atoms with van der Waals surface area (Å²) in [5.41, 5.74) is 4.71. The summed E-state index contributed by atoms with van der Waals surface area (Å²) in [5, 5.41) is 12.4. The van der Waals surface area contributed by atoms with Crippen LogP contribution in [0.1, 0.15) is 32.4 Å². The van der Waals surface area contributed by atoms with Gasteiger partial charge in [0.1, 0.15) is 5.01 Å². The van der Waals surface area contributed by atoms with Crippen LogP contribution in [0.2, 0.25) is 0 Å². The quantitative estimate of drug-likeness (QED) is 0.759. The van der Waals surface area contributed by atoms with E-state index in [4.69, 9.17) is 0 Å². The molecule has 1 aliphatic rings. The van der Waals surface area contributed by atoms with E-state index < -0.39 is 0 Å². The maximum Gasteiger partial charge on any atom is 0.286 e. The van der Waals surface area contributed by atoms with Gasteiger partial charge in [0.2, 0.25) is 5.01 Å². The molecule has 0 bridgehead atoms. The first kappa shape index (κ1) is 16.7. The van der Waals surface area contributed by atoms with Crippen LogP contribution in [0, 0.1) is 6.92 Å². The SMILES string of the molecule is Cc1ccc2c(c1)CCCN2Cc1nnc(C(=O)Nc2ccccc2)s1. The number of hydrogen-bond acceptors (Lipinski definition) is 5. The van der Waals surface area contributed by atoms with Gasteiger partial charge in [0.05, 0.1) is 6.54 Å². The van der Waals surface area contributed by atoms with Gasteiger partial charge in [0.25, 0.3) is 5.91 Å². The van der Waals surface area contributed by atoms with E-state index in [0.29, 0.717) is 11.6 Å². The molecule has 0 atom stereocenters. The number of carbonyl (C=O) groups excluding carboxylic acids is 1. The maximum absolute atomic E-state index is 12.3. The van der Waals surface area contributed by atoms with Crippen LogP contribution in [0.25, 0.3) is 0 Å². The van der Waals surface area contributed by atoms with E-state index in [1.807, 2.05) is 30.3 Å². The normalized spacial score (nSPS) is 13.3. The Morgan fingerprint density at radius 1 is 1.19 bits per heavy atom. The summed E-state index contributed by atoms with van der Waals surface area (Å²) < 4.78 is 0. The smallest absolute Gasteiger partial charge is 0.286 e. The molecule has 0 saturated carbocycles. The number of nitrogens with zero attached hydrogens (tertiary/aromatic N) is 3. The van der Waals surface area contributed by atoms with Crippen molar-refractivity contribution in [1.29, 1.82) is 0 Å². The molecule has 26 heavy (non-hydrogen) atoms. The number of benzene rings is 2. The lowest BCUT2D eigenvalue weighted by atomic mass is 10.00. The zero-order valence-corrected chi connectivity index (χ0v) is 15.4. The molecule has 5 nitrogen and oxygen atoms in total. The highest BCUT2D eigenvalue weighted by atomic mass is 32.1. The van der Waals surface area contributed by atoms with E-state index in [-0.39, 0.29) is 5.91 Å². The monoisotopic (exact) mass is 364 g/mol. The largest absolute Gasteiger partial charge is 0.364 e. The molecule has 0 spiro atoms. The molecular weight excluding hydrogens is 344 g/mol. The second-order valence-corrected chi connectivity index (χ2v) is 7.54. The minimum absolute atomic E-state index is 0.213. The van der Waals surface area contributed by atoms with Gasteiger partial charge >= 0.3 is 0 Å². The second kappa shape index (κ2) is 7.25. The fraction of sp³-hybridized carbons (Fsp3) is 0.250. The van der Waals surface area contributed by atoms with Crippen molar-refractivity contribution in [2.75, 3.05) is 16.8 Å². The van der Waals surface area contributed by atoms with Crippen molar-refractivity contribution in [2.24, 2.45) is 0 Å². The highest BCUT2D eigenvalue weighted by Crippen LogP contribution is 2.29. The van der Waals surface area contributed by atoms with Gasteiger partial charge < -0.3 is 10.2 Å². The summed E-state index contributed by atoms with van der Waals surface area (Å²) in [5.74, 6) is -0.213. The number of nitrogens with one attached hydrogen (secondary N) is 1. The Labute approximate surface area is 156 Å². The minimum atomic E-state index is -0.213. The van der Waals surface area contributed by atoms with Crippen molar-refractivity contribution >= 4 is 28.6 Å². The zero-order valence-electron chi connectivity index (χ0n) is 14.6. The number of aryl methyl sites for hydroxylation is 2. The average Bonchev–Trinajstić information content (AvgIpc) is 3.11. The van der Waals surface area contributed by atoms with E-state index in [1.54, 1.807) is 0 Å². The minimum Gasteiger partial charge on any atom is -0.364 e. The molecule has 4 rings (SSSR count). The first-order valence-electron chi connectivity index (χ1n) is 8.72. The van der Waals surface area contributed by atoms with E-state index in [0.717, 1.165) is 30.1 Å². The number of anilines is 2. The number of hydrogen-bond donors (Lipinski definition) is 1. The Bertz CT molecular complexity index is 923. The fourth-order valence-corrected chi connectivity index (χ4v) is 4.00. The number of carbonyl (C=O) groups is 1. The van der Waals surface area contributed by atoms with Gasteiger partial charge in [-0.3, -0.25) is 4.79 Å². The number of fused-ring (bicyclic) bond motifs is 1. The van der Waals surface area contributed by atoms with Gasteiger partial charge in [0, 0.05) is 17.9 Å². The molecule has 1 aliphatic heterocycles. The molecule has 2 aromatic carbocycles. The summed E-state index contributed by atoms with van der Waals surface area (Å²) in [6, 6.07) is 16.0. The van der Waals surface area contributed by atoms with Gasteiger partial charge in [-0.05, 0) is 43.5 Å². The summed E-state index contributed by atoms with van der Waals surface area (Å²) >= 11 is 1.36. The lowest BCUT2D eigenvalue weighted by molar-refractivity contribution is 0.102. The summed E-state index contributed by atoms with van der Waals surface area (Å²) in [7, 11) is 0. The number of amides is 1. The Balaban J connectivity index is 1.47. The van der Waals surface area contributed by atoms with Crippen LogP contribution in [0.15, 0.2) is 48.5 Å². The maximum atomic E-state index is 12.3. The Kier molecular flexibility index (Phi) is 4.67. The van der Waals surface area contributed by atoms with Crippen LogP contribution in [-0.2, 0) is 13.0 Å². The van der Waals surface area contributed by atoms with E-state index in [2.05, 4.69) is 45.5 Å². The highest BCUT2D eigenvalue weighted by Gasteiger charge is 2.20. The van der Waals surface area contributed by atoms with Crippen LogP contribution in [0.5, 0.6) is 0 Å². The third-order valence-electron chi connectivity index (χ3n) is 4.47. The van der Waals surface area contributed by atoms with Crippen LogP contribution in [-0.4, -0.2) is 22.6 Å². The van der Waals surface area contributed by atoms with E-state index in [1.165, 1.54) is 28.2 Å². The molecule has 0 aliphatic carbocycles. The topological polar surface area (TPSA) is 58.1 Å². The van der Waals surface area contributed by atoms with Crippen LogP contribution >= 0.6 is 11.3 Å². The standard InChI is InChI=1S/C20H20N4OS/c1-14-9-10-17-15(12-14)6-5-11-24(17)13-18-22-23-20(26-18)19(25)21-16-7-3-2-4-8-16/h2-4,7-10,12H,5-6,11,13H2,1H3,(H,21,25). The number of aromatic nitrogens is 2. The van der Waals surface area contributed by atoms with Crippen molar-refractivity contribution in [3.05, 3.63) is 69.7 Å². The average molecular weight is 364 g/mol. The first-order valence-corrected chi connectivity index (χ1v) is 9.54. The molecule has 132 valence electrons.